The molecule has 0 aliphatic carbocycles. The number of nitrogens with zero attached hydrogens (tertiary/aromatic N) is 1. The van der Waals surface area contributed by atoms with Crippen LogP contribution in [0, 0.1) is 5.82 Å². The van der Waals surface area contributed by atoms with Crippen molar-refractivity contribution < 1.29 is 18.7 Å². The zero-order valence-electron chi connectivity index (χ0n) is 14.0. The molecule has 0 spiro atoms. The Labute approximate surface area is 155 Å². The van der Waals surface area contributed by atoms with Crippen LogP contribution < -0.4 is 10.1 Å². The van der Waals surface area contributed by atoms with Crippen LogP contribution in [0.2, 0.25) is 5.02 Å². The van der Waals surface area contributed by atoms with E-state index in [1.54, 1.807) is 23.1 Å². The number of hydrogen-bond acceptors (Lipinski definition) is 3. The number of carbonyl (C=O) groups excluding carboxylic acids is 2. The maximum absolute atomic E-state index is 13.4. The molecule has 26 heavy (non-hydrogen) atoms. The van der Waals surface area contributed by atoms with Crippen LogP contribution in [-0.4, -0.2) is 36.4 Å². The van der Waals surface area contributed by atoms with Crippen LogP contribution in [0.4, 0.5) is 4.39 Å². The average molecular weight is 377 g/mol. The summed E-state index contributed by atoms with van der Waals surface area (Å²) in [6.07, 6.45) is 0.171. The first-order valence-electron chi connectivity index (χ1n) is 8.22. The largest absolute Gasteiger partial charge is 0.483 e. The number of hydrogen-bond donors (Lipinski definition) is 1. The third kappa shape index (κ3) is 4.52. The third-order valence-corrected chi connectivity index (χ3v) is 4.47. The molecule has 2 aromatic rings. The minimum absolute atomic E-state index is 0.105. The summed E-state index contributed by atoms with van der Waals surface area (Å²) in [5, 5.41) is 3.32. The molecule has 3 rings (SSSR count). The normalized spacial score (nSPS) is 13.6. The van der Waals surface area contributed by atoms with Gasteiger partial charge in [-0.2, -0.15) is 0 Å². The molecule has 136 valence electrons. The van der Waals surface area contributed by atoms with Crippen LogP contribution in [0.25, 0.3) is 0 Å². The summed E-state index contributed by atoms with van der Waals surface area (Å²) in [5.74, 6) is -0.260. The summed E-state index contributed by atoms with van der Waals surface area (Å²) < 4.78 is 18.8. The molecule has 0 fully saturated rings. The number of amides is 2. The van der Waals surface area contributed by atoms with Crippen molar-refractivity contribution >= 4 is 23.4 Å². The lowest BCUT2D eigenvalue weighted by Gasteiger charge is -2.20. The highest BCUT2D eigenvalue weighted by atomic mass is 35.5. The Morgan fingerprint density at radius 1 is 1.27 bits per heavy atom. The molecule has 0 bridgehead atoms. The Morgan fingerprint density at radius 3 is 2.88 bits per heavy atom. The molecule has 2 aromatic carbocycles. The fourth-order valence-electron chi connectivity index (χ4n) is 2.75. The number of benzene rings is 2. The molecule has 0 radical (unpaired) electrons. The molecule has 0 unspecified atom stereocenters. The van der Waals surface area contributed by atoms with E-state index in [0.717, 1.165) is 5.56 Å². The van der Waals surface area contributed by atoms with Crippen molar-refractivity contribution in [2.75, 3.05) is 19.7 Å². The minimum atomic E-state index is -0.380. The van der Waals surface area contributed by atoms with Crippen LogP contribution in [0.3, 0.4) is 0 Å². The van der Waals surface area contributed by atoms with E-state index in [1.165, 1.54) is 18.2 Å². The van der Waals surface area contributed by atoms with Gasteiger partial charge in [-0.05, 0) is 29.8 Å². The summed E-state index contributed by atoms with van der Waals surface area (Å²) in [4.78, 5) is 25.8. The Hall–Kier alpha value is -2.60. The Morgan fingerprint density at radius 2 is 2.08 bits per heavy atom. The van der Waals surface area contributed by atoms with Crippen LogP contribution in [0.5, 0.6) is 5.75 Å². The second-order valence-corrected chi connectivity index (χ2v) is 6.38. The summed E-state index contributed by atoms with van der Waals surface area (Å²) >= 11 is 6.04. The second kappa shape index (κ2) is 8.19. The smallest absolute Gasteiger partial charge is 0.260 e. The number of ether oxygens (including phenoxy) is 1. The van der Waals surface area contributed by atoms with Gasteiger partial charge in [0, 0.05) is 30.2 Å². The molecule has 1 heterocycles. The molecule has 7 heteroatoms. The van der Waals surface area contributed by atoms with E-state index >= 15 is 0 Å². The van der Waals surface area contributed by atoms with Crippen molar-refractivity contribution in [1.82, 2.24) is 10.2 Å². The van der Waals surface area contributed by atoms with Gasteiger partial charge >= 0.3 is 0 Å². The first-order chi connectivity index (χ1) is 12.5. The van der Waals surface area contributed by atoms with E-state index in [4.69, 9.17) is 16.3 Å². The van der Waals surface area contributed by atoms with Gasteiger partial charge in [-0.25, -0.2) is 4.39 Å². The van der Waals surface area contributed by atoms with Gasteiger partial charge in [0.1, 0.15) is 11.6 Å². The van der Waals surface area contributed by atoms with Gasteiger partial charge in [0.25, 0.3) is 5.91 Å². The van der Waals surface area contributed by atoms with Gasteiger partial charge in [-0.3, -0.25) is 9.59 Å². The minimum Gasteiger partial charge on any atom is -0.483 e. The van der Waals surface area contributed by atoms with Crippen molar-refractivity contribution in [1.29, 1.82) is 0 Å². The van der Waals surface area contributed by atoms with Crippen molar-refractivity contribution in [3.8, 4) is 5.75 Å². The molecular formula is C19H18ClFN2O3. The van der Waals surface area contributed by atoms with E-state index in [-0.39, 0.29) is 37.2 Å². The maximum atomic E-state index is 13.4. The number of nitrogens with one attached hydrogen (secondary N) is 1. The zero-order chi connectivity index (χ0) is 18.5. The number of carbonyl (C=O) groups is 2. The lowest BCUT2D eigenvalue weighted by molar-refractivity contribution is -0.133. The van der Waals surface area contributed by atoms with E-state index in [1.807, 2.05) is 6.07 Å². The first-order valence-corrected chi connectivity index (χ1v) is 8.60. The number of fused-ring (bicyclic) bond motifs is 1. The quantitative estimate of drug-likeness (QED) is 0.872. The van der Waals surface area contributed by atoms with E-state index in [0.29, 0.717) is 29.4 Å². The van der Waals surface area contributed by atoms with Crippen molar-refractivity contribution in [3.05, 3.63) is 64.4 Å². The first kappa shape index (κ1) is 18.2. The summed E-state index contributed by atoms with van der Waals surface area (Å²) in [5.41, 5.74) is 1.36. The molecule has 0 saturated heterocycles. The fourth-order valence-corrected chi connectivity index (χ4v) is 2.95. The van der Waals surface area contributed by atoms with Gasteiger partial charge < -0.3 is 15.0 Å². The van der Waals surface area contributed by atoms with Crippen LogP contribution in [0.1, 0.15) is 11.1 Å². The number of rotatable bonds is 5. The van der Waals surface area contributed by atoms with Crippen LogP contribution in [0.15, 0.2) is 42.5 Å². The summed E-state index contributed by atoms with van der Waals surface area (Å²) in [6, 6.07) is 11.3. The van der Waals surface area contributed by atoms with Gasteiger partial charge in [0.05, 0.1) is 6.42 Å². The Balaban J connectivity index is 1.54. The van der Waals surface area contributed by atoms with Crippen molar-refractivity contribution in [2.45, 2.75) is 13.0 Å². The lowest BCUT2D eigenvalue weighted by atomic mass is 10.1. The second-order valence-electron chi connectivity index (χ2n) is 5.97. The molecule has 0 saturated carbocycles. The molecule has 2 amide bonds. The topological polar surface area (TPSA) is 58.6 Å². The monoisotopic (exact) mass is 376 g/mol. The van der Waals surface area contributed by atoms with E-state index in [9.17, 15) is 14.0 Å². The molecule has 0 aromatic heterocycles. The van der Waals surface area contributed by atoms with Crippen molar-refractivity contribution in [3.63, 3.8) is 0 Å². The highest BCUT2D eigenvalue weighted by molar-refractivity contribution is 6.31. The SMILES string of the molecule is O=C(Cc1ccccc1Cl)NCCN1Cc2cc(F)ccc2OCC1=O. The predicted octanol–water partition coefficient (Wildman–Crippen LogP) is 2.56. The fraction of sp³-hybridized carbons (Fsp3) is 0.263. The molecule has 1 N–H and O–H groups in total. The molecule has 1 aliphatic heterocycles. The van der Waals surface area contributed by atoms with Crippen LogP contribution >= 0.6 is 11.6 Å². The Kier molecular flexibility index (Phi) is 5.73. The van der Waals surface area contributed by atoms with Crippen LogP contribution in [-0.2, 0) is 22.6 Å². The maximum Gasteiger partial charge on any atom is 0.260 e. The third-order valence-electron chi connectivity index (χ3n) is 4.10. The molecular weight excluding hydrogens is 359 g/mol. The number of halogens is 2. The highest BCUT2D eigenvalue weighted by Gasteiger charge is 2.21. The summed E-state index contributed by atoms with van der Waals surface area (Å²) in [7, 11) is 0. The van der Waals surface area contributed by atoms with E-state index in [2.05, 4.69) is 5.32 Å². The summed E-state index contributed by atoms with van der Waals surface area (Å²) in [6.45, 7) is 0.741. The van der Waals surface area contributed by atoms with Gasteiger partial charge in [0.2, 0.25) is 5.91 Å². The molecule has 1 aliphatic rings. The zero-order valence-corrected chi connectivity index (χ0v) is 14.8. The average Bonchev–Trinajstić information content (AvgIpc) is 2.76. The standard InChI is InChI=1S/C19H18ClFN2O3/c20-16-4-2-1-3-13(16)10-18(24)22-7-8-23-11-14-9-15(21)5-6-17(14)26-12-19(23)25/h1-6,9H,7-8,10-12H2,(H,22,24). The molecule has 0 atom stereocenters. The highest BCUT2D eigenvalue weighted by Crippen LogP contribution is 2.24. The van der Waals surface area contributed by atoms with Gasteiger partial charge in [0.15, 0.2) is 6.61 Å². The Bertz CT molecular complexity index is 828. The predicted molar refractivity (Wildman–Crippen MR) is 95.5 cm³/mol. The van der Waals surface area contributed by atoms with Gasteiger partial charge in [-0.1, -0.05) is 29.8 Å². The molecule has 5 nitrogen and oxygen atoms in total. The lowest BCUT2D eigenvalue weighted by Crippen LogP contribution is -2.39. The van der Waals surface area contributed by atoms with Crippen molar-refractivity contribution in [2.24, 2.45) is 0 Å². The van der Waals surface area contributed by atoms with E-state index < -0.39 is 0 Å². The van der Waals surface area contributed by atoms with Gasteiger partial charge in [-0.15, -0.1) is 0 Å².